The van der Waals surface area contributed by atoms with Crippen LogP contribution in [0.5, 0.6) is 5.75 Å². The number of nitriles is 1. The first-order chi connectivity index (χ1) is 9.78. The summed E-state index contributed by atoms with van der Waals surface area (Å²) in [5.41, 5.74) is 1.14. The highest BCUT2D eigenvalue weighted by atomic mass is 16.5. The van der Waals surface area contributed by atoms with E-state index < -0.39 is 0 Å². The molecule has 0 aromatic heterocycles. The Morgan fingerprint density at radius 2 is 2.45 bits per heavy atom. The second kappa shape index (κ2) is 7.85. The third-order valence-corrected chi connectivity index (χ3v) is 3.24. The zero-order chi connectivity index (χ0) is 14.2. The summed E-state index contributed by atoms with van der Waals surface area (Å²) in [6.07, 6.45) is 0.256. The molecule has 1 N–H and O–H groups in total. The molecule has 0 aliphatic carbocycles. The van der Waals surface area contributed by atoms with Gasteiger partial charge in [-0.25, -0.2) is 0 Å². The molecule has 1 aliphatic heterocycles. The Labute approximate surface area is 120 Å². The first-order valence-corrected chi connectivity index (χ1v) is 6.87. The quantitative estimate of drug-likeness (QED) is 0.839. The number of rotatable bonds is 6. The minimum Gasteiger partial charge on any atom is -0.479 e. The van der Waals surface area contributed by atoms with Crippen LogP contribution in [0, 0.1) is 11.3 Å². The van der Waals surface area contributed by atoms with Crippen molar-refractivity contribution in [3.05, 3.63) is 29.8 Å². The van der Waals surface area contributed by atoms with Crippen molar-refractivity contribution in [1.82, 2.24) is 10.2 Å². The molecule has 0 bridgehead atoms. The lowest BCUT2D eigenvalue weighted by Gasteiger charge is -2.30. The fourth-order valence-electron chi connectivity index (χ4n) is 2.23. The highest BCUT2D eigenvalue weighted by molar-refractivity contribution is 5.28. The van der Waals surface area contributed by atoms with Gasteiger partial charge in [-0.2, -0.15) is 5.26 Å². The van der Waals surface area contributed by atoms with Crippen molar-refractivity contribution in [1.29, 1.82) is 5.26 Å². The van der Waals surface area contributed by atoms with Crippen molar-refractivity contribution in [3.8, 4) is 11.8 Å². The molecular weight excluding hydrogens is 254 g/mol. The average molecular weight is 275 g/mol. The van der Waals surface area contributed by atoms with Crippen molar-refractivity contribution >= 4 is 0 Å². The molecule has 1 atom stereocenters. The maximum absolute atomic E-state index is 8.50. The molecule has 1 aliphatic rings. The molecule has 20 heavy (non-hydrogen) atoms. The van der Waals surface area contributed by atoms with Crippen molar-refractivity contribution in [2.45, 2.75) is 12.6 Å². The van der Waals surface area contributed by atoms with E-state index in [2.05, 4.69) is 17.3 Å². The Morgan fingerprint density at radius 3 is 3.25 bits per heavy atom. The largest absolute Gasteiger partial charge is 0.479 e. The summed E-state index contributed by atoms with van der Waals surface area (Å²) >= 11 is 0. The molecule has 1 aromatic carbocycles. The van der Waals surface area contributed by atoms with Gasteiger partial charge in [0.2, 0.25) is 0 Å². The van der Waals surface area contributed by atoms with Crippen molar-refractivity contribution < 1.29 is 9.47 Å². The van der Waals surface area contributed by atoms with Crippen LogP contribution in [-0.2, 0) is 11.3 Å². The van der Waals surface area contributed by atoms with Gasteiger partial charge in [-0.3, -0.25) is 0 Å². The van der Waals surface area contributed by atoms with Crippen LogP contribution < -0.4 is 10.1 Å². The van der Waals surface area contributed by atoms with Gasteiger partial charge in [0.05, 0.1) is 12.7 Å². The highest BCUT2D eigenvalue weighted by Gasteiger charge is 2.16. The van der Waals surface area contributed by atoms with Gasteiger partial charge < -0.3 is 19.7 Å². The van der Waals surface area contributed by atoms with Gasteiger partial charge in [-0.15, -0.1) is 0 Å². The van der Waals surface area contributed by atoms with Gasteiger partial charge in [0.15, 0.2) is 6.61 Å². The summed E-state index contributed by atoms with van der Waals surface area (Å²) in [4.78, 5) is 2.28. The molecule has 0 amide bonds. The van der Waals surface area contributed by atoms with E-state index in [4.69, 9.17) is 14.7 Å². The molecule has 1 unspecified atom stereocenters. The van der Waals surface area contributed by atoms with Gasteiger partial charge in [-0.05, 0) is 24.7 Å². The smallest absolute Gasteiger partial charge is 0.174 e. The lowest BCUT2D eigenvalue weighted by Crippen LogP contribution is -2.44. The lowest BCUT2D eigenvalue weighted by molar-refractivity contribution is -0.0182. The van der Waals surface area contributed by atoms with Crippen LogP contribution in [0.3, 0.4) is 0 Å². The molecule has 1 heterocycles. The number of likely N-dealkylation sites (N-methyl/N-ethyl adjacent to an activating group) is 1. The number of morpholine rings is 1. The number of hydrogen-bond acceptors (Lipinski definition) is 5. The summed E-state index contributed by atoms with van der Waals surface area (Å²) in [7, 11) is 2.12. The number of hydrogen-bond donors (Lipinski definition) is 1. The van der Waals surface area contributed by atoms with E-state index in [9.17, 15) is 0 Å². The number of nitrogens with zero attached hydrogens (tertiary/aromatic N) is 2. The van der Waals surface area contributed by atoms with E-state index >= 15 is 0 Å². The molecule has 0 saturated carbocycles. The van der Waals surface area contributed by atoms with Crippen LogP contribution in [-0.4, -0.2) is 50.9 Å². The molecular formula is C15H21N3O2. The van der Waals surface area contributed by atoms with Crippen LogP contribution in [0.25, 0.3) is 0 Å². The topological polar surface area (TPSA) is 57.5 Å². The Hall–Kier alpha value is -1.61. The average Bonchev–Trinajstić information content (AvgIpc) is 2.46. The van der Waals surface area contributed by atoms with E-state index in [0.29, 0.717) is 0 Å². The van der Waals surface area contributed by atoms with Crippen molar-refractivity contribution in [3.63, 3.8) is 0 Å². The van der Waals surface area contributed by atoms with Gasteiger partial charge in [0.25, 0.3) is 0 Å². The zero-order valence-electron chi connectivity index (χ0n) is 11.8. The maximum Gasteiger partial charge on any atom is 0.174 e. The van der Waals surface area contributed by atoms with Crippen LogP contribution in [0.15, 0.2) is 24.3 Å². The van der Waals surface area contributed by atoms with E-state index in [1.807, 2.05) is 30.3 Å². The summed E-state index contributed by atoms with van der Waals surface area (Å²) in [6.45, 7) is 4.48. The van der Waals surface area contributed by atoms with Gasteiger partial charge in [0, 0.05) is 26.2 Å². The number of nitrogens with one attached hydrogen (secondary N) is 1. The molecule has 2 rings (SSSR count). The Bertz CT molecular complexity index is 459. The second-order valence-corrected chi connectivity index (χ2v) is 4.98. The Morgan fingerprint density at radius 1 is 1.55 bits per heavy atom. The van der Waals surface area contributed by atoms with Gasteiger partial charge >= 0.3 is 0 Å². The zero-order valence-corrected chi connectivity index (χ0v) is 11.8. The lowest BCUT2D eigenvalue weighted by atomic mass is 10.2. The Balaban J connectivity index is 1.74. The molecule has 5 heteroatoms. The van der Waals surface area contributed by atoms with Crippen LogP contribution in [0.1, 0.15) is 5.56 Å². The normalized spacial score (nSPS) is 19.5. The molecule has 0 radical (unpaired) electrons. The van der Waals surface area contributed by atoms with Gasteiger partial charge in [0.1, 0.15) is 11.8 Å². The number of benzene rings is 1. The van der Waals surface area contributed by atoms with Crippen LogP contribution in [0.4, 0.5) is 0 Å². The van der Waals surface area contributed by atoms with E-state index in [-0.39, 0.29) is 12.7 Å². The first kappa shape index (κ1) is 14.8. The molecule has 108 valence electrons. The molecule has 1 saturated heterocycles. The predicted molar refractivity (Wildman–Crippen MR) is 76.5 cm³/mol. The SMILES string of the molecule is CN1CCOC(CNCc2cccc(OCC#N)c2)C1. The van der Waals surface area contributed by atoms with Crippen LogP contribution >= 0.6 is 0 Å². The van der Waals surface area contributed by atoms with Crippen LogP contribution in [0.2, 0.25) is 0 Å². The molecule has 5 nitrogen and oxygen atoms in total. The molecule has 1 aromatic rings. The minimum absolute atomic E-state index is 0.0825. The first-order valence-electron chi connectivity index (χ1n) is 6.87. The molecule has 0 spiro atoms. The predicted octanol–water partition coefficient (Wildman–Crippen LogP) is 1.01. The third-order valence-electron chi connectivity index (χ3n) is 3.24. The van der Waals surface area contributed by atoms with E-state index in [0.717, 1.165) is 44.1 Å². The summed E-state index contributed by atoms with van der Waals surface area (Å²) in [6, 6.07) is 9.77. The van der Waals surface area contributed by atoms with Gasteiger partial charge in [-0.1, -0.05) is 12.1 Å². The third kappa shape index (κ3) is 4.82. The highest BCUT2D eigenvalue weighted by Crippen LogP contribution is 2.13. The number of ether oxygens (including phenoxy) is 2. The second-order valence-electron chi connectivity index (χ2n) is 4.98. The monoisotopic (exact) mass is 275 g/mol. The summed E-state index contributed by atoms with van der Waals surface area (Å²) < 4.78 is 11.0. The minimum atomic E-state index is 0.0825. The maximum atomic E-state index is 8.50. The van der Waals surface area contributed by atoms with E-state index in [1.165, 1.54) is 0 Å². The fourth-order valence-corrected chi connectivity index (χ4v) is 2.23. The fraction of sp³-hybridized carbons (Fsp3) is 0.533. The standard InChI is InChI=1S/C15H21N3O2/c1-18-6-8-20-15(12-18)11-17-10-13-3-2-4-14(9-13)19-7-5-16/h2-4,9,15,17H,6-8,10-12H2,1H3. The summed E-state index contributed by atoms with van der Waals surface area (Å²) in [5.74, 6) is 0.736. The van der Waals surface area contributed by atoms with E-state index in [1.54, 1.807) is 0 Å². The Kier molecular flexibility index (Phi) is 5.81. The van der Waals surface area contributed by atoms with Crippen molar-refractivity contribution in [2.75, 3.05) is 39.9 Å². The molecule has 1 fully saturated rings. The summed E-state index contributed by atoms with van der Waals surface area (Å²) in [5, 5.41) is 11.9. The van der Waals surface area contributed by atoms with Crippen molar-refractivity contribution in [2.24, 2.45) is 0 Å².